The Hall–Kier alpha value is -3.12. The molecular formula is C22H18FNO3S. The van der Waals surface area contributed by atoms with Crippen molar-refractivity contribution in [3.8, 4) is 0 Å². The van der Waals surface area contributed by atoms with Gasteiger partial charge in [0.05, 0.1) is 10.6 Å². The normalized spacial score (nSPS) is 16.6. The zero-order chi connectivity index (χ0) is 19.7. The standard InChI is InChI=1S/C22H18FNO3S/c1-28(25,26)19-13-9-16(10-14-19)21-20(15-7-11-18(23)12-8-15)24-22(27-21)17-5-3-2-4-6-17/h2-14,22,24H,1H3. The van der Waals surface area contributed by atoms with E-state index in [0.717, 1.165) is 22.4 Å². The molecule has 1 atom stereocenters. The lowest BCUT2D eigenvalue weighted by Crippen LogP contribution is -2.14. The molecule has 6 heteroatoms. The molecule has 0 aliphatic carbocycles. The van der Waals surface area contributed by atoms with Gasteiger partial charge in [0.1, 0.15) is 5.82 Å². The zero-order valence-electron chi connectivity index (χ0n) is 15.1. The third-order valence-electron chi connectivity index (χ3n) is 4.52. The molecule has 4 rings (SSSR count). The number of ether oxygens (including phenoxy) is 1. The number of halogens is 1. The lowest BCUT2D eigenvalue weighted by Gasteiger charge is -2.13. The second-order valence-corrected chi connectivity index (χ2v) is 8.58. The van der Waals surface area contributed by atoms with Crippen LogP contribution in [0.1, 0.15) is 22.9 Å². The molecule has 0 aromatic heterocycles. The molecule has 3 aromatic rings. The molecule has 1 unspecified atom stereocenters. The number of hydrogen-bond donors (Lipinski definition) is 1. The predicted octanol–water partition coefficient (Wildman–Crippen LogP) is 4.37. The first-order valence-electron chi connectivity index (χ1n) is 8.71. The quantitative estimate of drug-likeness (QED) is 0.713. The van der Waals surface area contributed by atoms with Gasteiger partial charge in [0.2, 0.25) is 0 Å². The first-order chi connectivity index (χ1) is 13.4. The van der Waals surface area contributed by atoms with Crippen LogP contribution in [0.5, 0.6) is 0 Å². The summed E-state index contributed by atoms with van der Waals surface area (Å²) in [7, 11) is -3.28. The summed E-state index contributed by atoms with van der Waals surface area (Å²) in [6.07, 6.45) is 0.774. The Bertz CT molecular complexity index is 1120. The van der Waals surface area contributed by atoms with Crippen LogP contribution in [-0.2, 0) is 14.6 Å². The lowest BCUT2D eigenvalue weighted by molar-refractivity contribution is 0.175. The van der Waals surface area contributed by atoms with Crippen LogP contribution in [0.2, 0.25) is 0 Å². The first kappa shape index (κ1) is 18.3. The Morgan fingerprint density at radius 1 is 0.857 bits per heavy atom. The fourth-order valence-electron chi connectivity index (χ4n) is 3.08. The van der Waals surface area contributed by atoms with Crippen LogP contribution >= 0.6 is 0 Å². The Morgan fingerprint density at radius 2 is 1.46 bits per heavy atom. The Morgan fingerprint density at radius 3 is 2.07 bits per heavy atom. The number of hydrogen-bond acceptors (Lipinski definition) is 4. The molecule has 1 heterocycles. The maximum Gasteiger partial charge on any atom is 0.196 e. The van der Waals surface area contributed by atoms with E-state index in [1.807, 2.05) is 30.3 Å². The van der Waals surface area contributed by atoms with E-state index in [2.05, 4.69) is 5.32 Å². The summed E-state index contributed by atoms with van der Waals surface area (Å²) in [6, 6.07) is 22.4. The van der Waals surface area contributed by atoms with Crippen LogP contribution in [0.25, 0.3) is 11.5 Å². The van der Waals surface area contributed by atoms with Gasteiger partial charge in [-0.3, -0.25) is 0 Å². The highest BCUT2D eigenvalue weighted by molar-refractivity contribution is 7.90. The van der Waals surface area contributed by atoms with Crippen molar-refractivity contribution in [3.63, 3.8) is 0 Å². The fourth-order valence-corrected chi connectivity index (χ4v) is 3.71. The summed E-state index contributed by atoms with van der Waals surface area (Å²) in [4.78, 5) is 0.241. The minimum absolute atomic E-state index is 0.241. The van der Waals surface area contributed by atoms with Crippen LogP contribution in [0.4, 0.5) is 4.39 Å². The third-order valence-corrected chi connectivity index (χ3v) is 5.65. The number of sulfone groups is 1. The van der Waals surface area contributed by atoms with Gasteiger partial charge >= 0.3 is 0 Å². The van der Waals surface area contributed by atoms with Crippen molar-refractivity contribution in [1.29, 1.82) is 0 Å². The first-order valence-corrected chi connectivity index (χ1v) is 10.6. The van der Waals surface area contributed by atoms with Crippen molar-refractivity contribution < 1.29 is 17.5 Å². The van der Waals surface area contributed by atoms with Crippen LogP contribution in [0, 0.1) is 5.82 Å². The molecule has 1 aliphatic heterocycles. The SMILES string of the molecule is CS(=O)(=O)c1ccc(C2=C(c3ccc(F)cc3)NC(c3ccccc3)O2)cc1. The van der Waals surface area contributed by atoms with Crippen molar-refractivity contribution in [2.75, 3.05) is 6.26 Å². The molecule has 28 heavy (non-hydrogen) atoms. The van der Waals surface area contributed by atoms with Gasteiger partial charge in [-0.2, -0.15) is 0 Å². The second-order valence-electron chi connectivity index (χ2n) is 6.56. The second kappa shape index (κ2) is 7.13. The lowest BCUT2D eigenvalue weighted by atomic mass is 10.1. The molecule has 3 aromatic carbocycles. The van der Waals surface area contributed by atoms with E-state index < -0.39 is 16.1 Å². The van der Waals surface area contributed by atoms with Crippen molar-refractivity contribution in [1.82, 2.24) is 5.32 Å². The molecule has 0 saturated carbocycles. The van der Waals surface area contributed by atoms with Gasteiger partial charge < -0.3 is 10.1 Å². The average molecular weight is 395 g/mol. The summed E-state index contributed by atoms with van der Waals surface area (Å²) in [5.41, 5.74) is 3.19. The highest BCUT2D eigenvalue weighted by atomic mass is 32.2. The molecule has 0 radical (unpaired) electrons. The van der Waals surface area contributed by atoms with Crippen molar-refractivity contribution >= 4 is 21.3 Å². The van der Waals surface area contributed by atoms with E-state index in [1.54, 1.807) is 36.4 Å². The van der Waals surface area contributed by atoms with Crippen LogP contribution in [0.3, 0.4) is 0 Å². The molecule has 0 fully saturated rings. The van der Waals surface area contributed by atoms with Gasteiger partial charge in [-0.25, -0.2) is 12.8 Å². The Balaban J connectivity index is 1.76. The summed E-state index contributed by atoms with van der Waals surface area (Å²) in [5.74, 6) is 0.266. The monoisotopic (exact) mass is 395 g/mol. The summed E-state index contributed by atoms with van der Waals surface area (Å²) in [6.45, 7) is 0. The summed E-state index contributed by atoms with van der Waals surface area (Å²) < 4.78 is 43.0. The van der Waals surface area contributed by atoms with Gasteiger partial charge in [0, 0.05) is 22.9 Å². The van der Waals surface area contributed by atoms with Crippen LogP contribution < -0.4 is 5.32 Å². The fraction of sp³-hybridized carbons (Fsp3) is 0.0909. The molecule has 1 N–H and O–H groups in total. The van der Waals surface area contributed by atoms with Crippen LogP contribution in [-0.4, -0.2) is 14.7 Å². The van der Waals surface area contributed by atoms with E-state index >= 15 is 0 Å². The third kappa shape index (κ3) is 3.64. The van der Waals surface area contributed by atoms with E-state index in [0.29, 0.717) is 5.76 Å². The summed E-state index contributed by atoms with van der Waals surface area (Å²) >= 11 is 0. The smallest absolute Gasteiger partial charge is 0.196 e. The minimum Gasteiger partial charge on any atom is -0.464 e. The van der Waals surface area contributed by atoms with E-state index in [9.17, 15) is 12.8 Å². The predicted molar refractivity (Wildman–Crippen MR) is 106 cm³/mol. The van der Waals surface area contributed by atoms with Gasteiger partial charge in [-0.05, 0) is 48.5 Å². The van der Waals surface area contributed by atoms with Crippen molar-refractivity contribution in [2.24, 2.45) is 0 Å². The number of nitrogens with one attached hydrogen (secondary N) is 1. The maximum absolute atomic E-state index is 13.4. The molecular weight excluding hydrogens is 377 g/mol. The molecule has 0 bridgehead atoms. The van der Waals surface area contributed by atoms with E-state index in [4.69, 9.17) is 4.74 Å². The van der Waals surface area contributed by atoms with Gasteiger partial charge in [-0.1, -0.05) is 30.3 Å². The molecule has 142 valence electrons. The summed E-state index contributed by atoms with van der Waals surface area (Å²) in [5, 5.41) is 3.35. The highest BCUT2D eigenvalue weighted by Crippen LogP contribution is 2.37. The van der Waals surface area contributed by atoms with Gasteiger partial charge in [0.25, 0.3) is 0 Å². The van der Waals surface area contributed by atoms with E-state index in [-0.39, 0.29) is 10.7 Å². The van der Waals surface area contributed by atoms with Crippen molar-refractivity contribution in [2.45, 2.75) is 11.1 Å². The Labute approximate surface area is 163 Å². The molecule has 0 saturated heterocycles. The minimum atomic E-state index is -3.28. The average Bonchev–Trinajstić information content (AvgIpc) is 3.14. The van der Waals surface area contributed by atoms with Crippen molar-refractivity contribution in [3.05, 3.63) is 101 Å². The molecule has 0 amide bonds. The van der Waals surface area contributed by atoms with Crippen LogP contribution in [0.15, 0.2) is 83.8 Å². The largest absolute Gasteiger partial charge is 0.464 e. The van der Waals surface area contributed by atoms with Gasteiger partial charge in [0.15, 0.2) is 21.8 Å². The topological polar surface area (TPSA) is 55.4 Å². The number of benzene rings is 3. The molecule has 1 aliphatic rings. The number of rotatable bonds is 4. The molecule has 4 nitrogen and oxygen atoms in total. The van der Waals surface area contributed by atoms with Gasteiger partial charge in [-0.15, -0.1) is 0 Å². The molecule has 0 spiro atoms. The zero-order valence-corrected chi connectivity index (χ0v) is 15.9. The Kier molecular flexibility index (Phi) is 4.65. The highest BCUT2D eigenvalue weighted by Gasteiger charge is 2.28. The van der Waals surface area contributed by atoms with E-state index in [1.165, 1.54) is 18.4 Å². The maximum atomic E-state index is 13.4.